The van der Waals surface area contributed by atoms with E-state index in [1.165, 1.54) is 0 Å². The zero-order valence-corrected chi connectivity index (χ0v) is 16.8. The molecule has 1 N–H and O–H groups in total. The molecule has 148 valence electrons. The predicted molar refractivity (Wildman–Crippen MR) is 98.5 cm³/mol. The number of carbonyl (C=O) groups is 5. The van der Waals surface area contributed by atoms with E-state index >= 15 is 0 Å². The zero-order valence-electron chi connectivity index (χ0n) is 16.0. The molecule has 0 radical (unpaired) electrons. The Morgan fingerprint density at radius 2 is 1.62 bits per heavy atom. The van der Waals surface area contributed by atoms with Gasteiger partial charge in [-0.15, -0.1) is 0 Å². The third kappa shape index (κ3) is 8.98. The number of carbonyl (C=O) groups excluding carboxylic acids is 5. The van der Waals surface area contributed by atoms with Crippen LogP contribution in [0.1, 0.15) is 47.5 Å². The fraction of sp³-hybridized carbons (Fsp3) is 0.706. The summed E-state index contributed by atoms with van der Waals surface area (Å²) < 4.78 is 4.74. The van der Waals surface area contributed by atoms with Crippen LogP contribution in [-0.2, 0) is 28.7 Å². The van der Waals surface area contributed by atoms with Gasteiger partial charge in [0, 0.05) is 25.3 Å². The van der Waals surface area contributed by atoms with E-state index in [-0.39, 0.29) is 24.0 Å². The molecule has 0 heterocycles. The average molecular weight is 388 g/mol. The summed E-state index contributed by atoms with van der Waals surface area (Å²) in [6, 6.07) is -0.867. The number of ether oxygens (including phenoxy) is 1. The highest BCUT2D eigenvalue weighted by atomic mass is 32.2. The van der Waals surface area contributed by atoms with Gasteiger partial charge in [-0.05, 0) is 27.7 Å². The Hall–Kier alpha value is -1.90. The van der Waals surface area contributed by atoms with E-state index in [1.54, 1.807) is 25.7 Å². The van der Waals surface area contributed by atoms with E-state index in [4.69, 9.17) is 4.74 Å². The molecule has 0 rings (SSSR count). The molecule has 2 amide bonds. The summed E-state index contributed by atoms with van der Waals surface area (Å²) in [6.45, 7) is 9.45. The van der Waals surface area contributed by atoms with Gasteiger partial charge in [0.25, 0.3) is 0 Å². The summed E-state index contributed by atoms with van der Waals surface area (Å²) in [7, 11) is 0. The van der Waals surface area contributed by atoms with Crippen molar-refractivity contribution in [3.63, 3.8) is 0 Å². The second-order valence-electron chi connectivity index (χ2n) is 5.72. The van der Waals surface area contributed by atoms with Crippen molar-refractivity contribution in [3.8, 4) is 0 Å². The Kier molecular flexibility index (Phi) is 11.5. The van der Waals surface area contributed by atoms with Gasteiger partial charge in [0.2, 0.25) is 17.6 Å². The number of likely N-dealkylation sites (N-methyl/N-ethyl adjacent to an activating group) is 1. The number of amides is 2. The van der Waals surface area contributed by atoms with Gasteiger partial charge in [0.15, 0.2) is 5.12 Å². The van der Waals surface area contributed by atoms with Gasteiger partial charge in [0.1, 0.15) is 6.04 Å². The monoisotopic (exact) mass is 388 g/mol. The van der Waals surface area contributed by atoms with Crippen LogP contribution in [0.5, 0.6) is 0 Å². The van der Waals surface area contributed by atoms with Gasteiger partial charge in [-0.1, -0.05) is 18.7 Å². The maximum Gasteiger partial charge on any atom is 0.375 e. The van der Waals surface area contributed by atoms with Crippen LogP contribution in [0.15, 0.2) is 0 Å². The summed E-state index contributed by atoms with van der Waals surface area (Å²) in [4.78, 5) is 60.7. The lowest BCUT2D eigenvalue weighted by atomic mass is 10.2. The van der Waals surface area contributed by atoms with Gasteiger partial charge in [-0.2, -0.15) is 0 Å². The number of thioether (sulfide) groups is 1. The number of hydrogen-bond donors (Lipinski definition) is 1. The van der Waals surface area contributed by atoms with Crippen molar-refractivity contribution in [1.82, 2.24) is 10.2 Å². The van der Waals surface area contributed by atoms with Crippen molar-refractivity contribution in [2.24, 2.45) is 0 Å². The van der Waals surface area contributed by atoms with Crippen LogP contribution in [0.2, 0.25) is 0 Å². The molecule has 0 aromatic carbocycles. The van der Waals surface area contributed by atoms with E-state index < -0.39 is 35.4 Å². The molecule has 26 heavy (non-hydrogen) atoms. The molecule has 0 aliphatic heterocycles. The van der Waals surface area contributed by atoms with Crippen LogP contribution >= 0.6 is 11.8 Å². The molecule has 0 fully saturated rings. The third-order valence-electron chi connectivity index (χ3n) is 3.32. The number of esters is 1. The van der Waals surface area contributed by atoms with E-state index in [9.17, 15) is 24.0 Å². The van der Waals surface area contributed by atoms with Gasteiger partial charge < -0.3 is 15.0 Å². The molecule has 1 unspecified atom stereocenters. The lowest BCUT2D eigenvalue weighted by Crippen LogP contribution is -2.50. The van der Waals surface area contributed by atoms with Crippen molar-refractivity contribution in [2.75, 3.05) is 18.8 Å². The van der Waals surface area contributed by atoms with E-state index in [0.29, 0.717) is 13.1 Å². The minimum Gasteiger partial charge on any atom is -0.457 e. The first kappa shape index (κ1) is 24.1. The van der Waals surface area contributed by atoms with Gasteiger partial charge in [0.05, 0.1) is 12.5 Å². The first-order chi connectivity index (χ1) is 12.2. The van der Waals surface area contributed by atoms with Gasteiger partial charge in [-0.25, -0.2) is 4.79 Å². The Bertz CT molecular complexity index is 531. The first-order valence-corrected chi connectivity index (χ1v) is 9.62. The summed E-state index contributed by atoms with van der Waals surface area (Å²) >= 11 is 0.739. The van der Waals surface area contributed by atoms with Crippen molar-refractivity contribution < 1.29 is 28.7 Å². The maximum absolute atomic E-state index is 12.5. The molecule has 0 aliphatic carbocycles. The minimum atomic E-state index is -1.05. The number of hydrogen-bond acceptors (Lipinski definition) is 7. The molecular formula is C17H28N2O6S. The number of Topliss-reactive ketones (excluding diaryl/α,β-unsaturated/α-hetero) is 1. The molecule has 0 aromatic heterocycles. The van der Waals surface area contributed by atoms with Crippen molar-refractivity contribution >= 4 is 40.4 Å². The number of nitrogens with one attached hydrogen (secondary N) is 1. The highest BCUT2D eigenvalue weighted by Crippen LogP contribution is 2.11. The first-order valence-electron chi connectivity index (χ1n) is 8.63. The molecule has 9 heteroatoms. The number of rotatable bonds is 11. The van der Waals surface area contributed by atoms with Crippen molar-refractivity contribution in [3.05, 3.63) is 0 Å². The lowest BCUT2D eigenvalue weighted by Gasteiger charge is -2.25. The summed E-state index contributed by atoms with van der Waals surface area (Å²) in [6.07, 6.45) is -0.848. The standard InChI is InChI=1S/C17H28N2O6S/c1-6-14(21)18-12(16(23)19(7-2)8-3)10-26-15(22)9-13(20)17(24)25-11(4)5/h11-12H,6-10H2,1-5H3,(H,18,21). The molecule has 0 saturated carbocycles. The Balaban J connectivity index is 4.79. The number of ketones is 1. The minimum absolute atomic E-state index is 0.00752. The molecular weight excluding hydrogens is 360 g/mol. The highest BCUT2D eigenvalue weighted by molar-refractivity contribution is 8.13. The third-order valence-corrected chi connectivity index (χ3v) is 4.28. The molecule has 1 atom stereocenters. The van der Waals surface area contributed by atoms with Gasteiger partial charge >= 0.3 is 5.97 Å². The van der Waals surface area contributed by atoms with Crippen LogP contribution in [0.4, 0.5) is 0 Å². The van der Waals surface area contributed by atoms with Crippen LogP contribution < -0.4 is 5.32 Å². The second kappa shape index (κ2) is 12.5. The van der Waals surface area contributed by atoms with Crippen LogP contribution in [0, 0.1) is 0 Å². The van der Waals surface area contributed by atoms with Crippen LogP contribution in [0.25, 0.3) is 0 Å². The predicted octanol–water partition coefficient (Wildman–Crippen LogP) is 0.920. The molecule has 8 nitrogen and oxygen atoms in total. The smallest absolute Gasteiger partial charge is 0.375 e. The molecule has 0 aromatic rings. The Morgan fingerprint density at radius 3 is 2.08 bits per heavy atom. The SMILES string of the molecule is CCC(=O)NC(CSC(=O)CC(=O)C(=O)OC(C)C)C(=O)N(CC)CC. The van der Waals surface area contributed by atoms with Crippen LogP contribution in [-0.4, -0.2) is 64.6 Å². The molecule has 0 saturated heterocycles. The van der Waals surface area contributed by atoms with E-state index in [0.717, 1.165) is 11.8 Å². The zero-order chi connectivity index (χ0) is 20.3. The second-order valence-corrected chi connectivity index (χ2v) is 6.80. The normalized spacial score (nSPS) is 11.6. The molecule has 0 aliphatic rings. The van der Waals surface area contributed by atoms with Crippen molar-refractivity contribution in [1.29, 1.82) is 0 Å². The van der Waals surface area contributed by atoms with Gasteiger partial charge in [-0.3, -0.25) is 19.2 Å². The van der Waals surface area contributed by atoms with E-state index in [2.05, 4.69) is 5.32 Å². The quantitative estimate of drug-likeness (QED) is 0.318. The topological polar surface area (TPSA) is 110 Å². The lowest BCUT2D eigenvalue weighted by molar-refractivity contribution is -0.157. The summed E-state index contributed by atoms with van der Waals surface area (Å²) in [5.74, 6) is -2.58. The van der Waals surface area contributed by atoms with E-state index in [1.807, 2.05) is 13.8 Å². The highest BCUT2D eigenvalue weighted by Gasteiger charge is 2.27. The maximum atomic E-state index is 12.5. The largest absolute Gasteiger partial charge is 0.457 e. The fourth-order valence-electron chi connectivity index (χ4n) is 1.94. The average Bonchev–Trinajstić information content (AvgIpc) is 2.58. The summed E-state index contributed by atoms with van der Waals surface area (Å²) in [5.41, 5.74) is 0. The van der Waals surface area contributed by atoms with Crippen molar-refractivity contribution in [2.45, 2.75) is 59.6 Å². The fourth-order valence-corrected chi connectivity index (χ4v) is 2.75. The Morgan fingerprint density at radius 1 is 1.04 bits per heavy atom. The summed E-state index contributed by atoms with van der Waals surface area (Å²) in [5, 5.41) is 2.04. The van der Waals surface area contributed by atoms with Crippen LogP contribution in [0.3, 0.4) is 0 Å². The number of nitrogens with zero attached hydrogens (tertiary/aromatic N) is 1. The molecule has 0 bridgehead atoms. The molecule has 0 spiro atoms. The Labute approximate surface area is 158 Å².